The molecule has 2 heterocycles. The van der Waals surface area contributed by atoms with Crippen LogP contribution >= 0.6 is 23.2 Å². The molecule has 0 bridgehead atoms. The molecular weight excluding hydrogens is 610 g/mol. The number of anilines is 1. The molecule has 12 heteroatoms. The zero-order valence-corrected chi connectivity index (χ0v) is 25.4. The molecule has 0 atom stereocenters. The molecule has 0 radical (unpaired) electrons. The van der Waals surface area contributed by atoms with Crippen LogP contribution in [0.5, 0.6) is 23.0 Å². The van der Waals surface area contributed by atoms with Crippen molar-refractivity contribution in [3.63, 3.8) is 0 Å². The minimum Gasteiger partial charge on any atom is -0.493 e. The summed E-state index contributed by atoms with van der Waals surface area (Å²) < 4.78 is 32.6. The number of rotatable bonds is 10. The number of methoxy groups -OCH3 is 1. The first-order valence-electron chi connectivity index (χ1n) is 14.1. The van der Waals surface area contributed by atoms with Gasteiger partial charge in [-0.05, 0) is 86.3 Å². The van der Waals surface area contributed by atoms with Gasteiger partial charge in [0.15, 0.2) is 23.1 Å². The van der Waals surface area contributed by atoms with Gasteiger partial charge in [-0.1, -0.05) is 23.2 Å². The summed E-state index contributed by atoms with van der Waals surface area (Å²) in [5.41, 5.74) is 1.49. The van der Waals surface area contributed by atoms with Gasteiger partial charge in [-0.15, -0.1) is 0 Å². The molecule has 1 fully saturated rings. The summed E-state index contributed by atoms with van der Waals surface area (Å²) in [5, 5.41) is 9.82. The summed E-state index contributed by atoms with van der Waals surface area (Å²) in [6.45, 7) is 2.72. The first kappa shape index (κ1) is 31.3. The van der Waals surface area contributed by atoms with Gasteiger partial charge in [0.25, 0.3) is 0 Å². The van der Waals surface area contributed by atoms with Crippen molar-refractivity contribution in [2.75, 3.05) is 38.7 Å². The van der Waals surface area contributed by atoms with E-state index in [0.717, 1.165) is 37.6 Å². The SMILES string of the molecule is COc1cc2c(Oc3ccc(NC(=O)C(=O)NCCc4cc(Cl)cc(Cl)c4)cc3F)ccnc2cc1OCC1CCNCC1. The van der Waals surface area contributed by atoms with Gasteiger partial charge < -0.3 is 30.2 Å². The van der Waals surface area contributed by atoms with Crippen LogP contribution in [0.3, 0.4) is 0 Å². The van der Waals surface area contributed by atoms with Crippen molar-refractivity contribution in [3.8, 4) is 23.0 Å². The van der Waals surface area contributed by atoms with Gasteiger partial charge in [0.2, 0.25) is 0 Å². The van der Waals surface area contributed by atoms with E-state index in [9.17, 15) is 9.59 Å². The molecule has 2 amide bonds. The second-order valence-electron chi connectivity index (χ2n) is 10.3. The topological polar surface area (TPSA) is 111 Å². The Morgan fingerprint density at radius 3 is 2.45 bits per heavy atom. The van der Waals surface area contributed by atoms with E-state index in [1.165, 1.54) is 12.1 Å². The van der Waals surface area contributed by atoms with Crippen molar-refractivity contribution in [1.82, 2.24) is 15.6 Å². The smallest absolute Gasteiger partial charge is 0.313 e. The zero-order chi connectivity index (χ0) is 31.1. The predicted octanol–water partition coefficient (Wildman–Crippen LogP) is 6.16. The number of aromatic nitrogens is 1. The number of hydrogen-bond donors (Lipinski definition) is 3. The van der Waals surface area contributed by atoms with Crippen molar-refractivity contribution in [3.05, 3.63) is 82.2 Å². The molecule has 0 unspecified atom stereocenters. The van der Waals surface area contributed by atoms with Crippen LogP contribution in [-0.2, 0) is 16.0 Å². The Kier molecular flexibility index (Phi) is 10.4. The van der Waals surface area contributed by atoms with Crippen LogP contribution in [0.25, 0.3) is 10.9 Å². The van der Waals surface area contributed by atoms with Crippen LogP contribution in [-0.4, -0.2) is 50.1 Å². The second kappa shape index (κ2) is 14.6. The lowest BCUT2D eigenvalue weighted by Crippen LogP contribution is -2.36. The lowest BCUT2D eigenvalue weighted by atomic mass is 9.99. The third kappa shape index (κ3) is 8.07. The molecule has 3 aromatic carbocycles. The summed E-state index contributed by atoms with van der Waals surface area (Å²) in [6, 6.07) is 14.1. The van der Waals surface area contributed by atoms with Crippen molar-refractivity contribution in [1.29, 1.82) is 0 Å². The van der Waals surface area contributed by atoms with E-state index >= 15 is 4.39 Å². The van der Waals surface area contributed by atoms with E-state index < -0.39 is 17.6 Å². The molecule has 9 nitrogen and oxygen atoms in total. The van der Waals surface area contributed by atoms with E-state index in [2.05, 4.69) is 20.9 Å². The van der Waals surface area contributed by atoms with Gasteiger partial charge in [-0.2, -0.15) is 0 Å². The number of carbonyl (C=O) groups excluding carboxylic acids is 2. The molecule has 44 heavy (non-hydrogen) atoms. The lowest BCUT2D eigenvalue weighted by Gasteiger charge is -2.23. The van der Waals surface area contributed by atoms with E-state index in [1.807, 2.05) is 0 Å². The minimum absolute atomic E-state index is 0.0784. The van der Waals surface area contributed by atoms with Crippen molar-refractivity contribution in [2.24, 2.45) is 5.92 Å². The Balaban J connectivity index is 1.21. The maximum absolute atomic E-state index is 15.1. The number of pyridine rings is 1. The van der Waals surface area contributed by atoms with Crippen LogP contribution in [0, 0.1) is 11.7 Å². The lowest BCUT2D eigenvalue weighted by molar-refractivity contribution is -0.136. The molecule has 0 spiro atoms. The highest BCUT2D eigenvalue weighted by atomic mass is 35.5. The summed E-state index contributed by atoms with van der Waals surface area (Å²) >= 11 is 12.0. The quantitative estimate of drug-likeness (QED) is 0.178. The van der Waals surface area contributed by atoms with E-state index in [1.54, 1.807) is 49.7 Å². The maximum atomic E-state index is 15.1. The third-order valence-electron chi connectivity index (χ3n) is 7.16. The summed E-state index contributed by atoms with van der Waals surface area (Å²) in [4.78, 5) is 29.1. The highest BCUT2D eigenvalue weighted by molar-refractivity contribution is 6.39. The van der Waals surface area contributed by atoms with Crippen LogP contribution < -0.4 is 30.2 Å². The number of hydrogen-bond acceptors (Lipinski definition) is 7. The number of nitrogens with one attached hydrogen (secondary N) is 3. The number of halogens is 3. The second-order valence-corrected chi connectivity index (χ2v) is 11.2. The third-order valence-corrected chi connectivity index (χ3v) is 7.59. The molecule has 0 saturated carbocycles. The Morgan fingerprint density at radius 1 is 0.955 bits per heavy atom. The maximum Gasteiger partial charge on any atom is 0.313 e. The molecule has 1 aromatic heterocycles. The van der Waals surface area contributed by atoms with E-state index in [0.29, 0.717) is 57.1 Å². The van der Waals surface area contributed by atoms with Crippen molar-refractivity contribution >= 4 is 51.6 Å². The number of carbonyl (C=O) groups is 2. The highest BCUT2D eigenvalue weighted by Crippen LogP contribution is 2.38. The molecule has 0 aliphatic carbocycles. The Bertz CT molecular complexity index is 1650. The number of ether oxygens (including phenoxy) is 3. The minimum atomic E-state index is -0.937. The zero-order valence-electron chi connectivity index (χ0n) is 23.9. The van der Waals surface area contributed by atoms with Gasteiger partial charge in [0.05, 0.1) is 19.2 Å². The fourth-order valence-electron chi connectivity index (χ4n) is 4.87. The average Bonchev–Trinajstić information content (AvgIpc) is 3.01. The Morgan fingerprint density at radius 2 is 1.73 bits per heavy atom. The monoisotopic (exact) mass is 640 g/mol. The number of benzene rings is 3. The number of amides is 2. The number of piperidine rings is 1. The van der Waals surface area contributed by atoms with Crippen LogP contribution in [0.1, 0.15) is 18.4 Å². The standard InChI is InChI=1S/C32H31Cl2FN4O5/c1-42-29-16-24-26(17-30(29)43-18-19-4-8-36-9-5-19)37-11-7-27(24)44-28-3-2-23(15-25(28)35)39-32(41)31(40)38-10-6-20-12-21(33)14-22(34)13-20/h2-3,7,11-17,19,36H,4-6,8-10,18H2,1H3,(H,38,40)(H,39,41). The molecule has 3 N–H and O–H groups in total. The van der Waals surface area contributed by atoms with E-state index in [4.69, 9.17) is 37.4 Å². The van der Waals surface area contributed by atoms with Gasteiger partial charge >= 0.3 is 11.8 Å². The van der Waals surface area contributed by atoms with Gasteiger partial charge in [0.1, 0.15) is 5.75 Å². The van der Waals surface area contributed by atoms with Gasteiger partial charge in [-0.3, -0.25) is 14.6 Å². The summed E-state index contributed by atoms with van der Waals surface area (Å²) in [7, 11) is 1.55. The number of nitrogens with zero attached hydrogens (tertiary/aromatic N) is 1. The fourth-order valence-corrected chi connectivity index (χ4v) is 5.44. The molecular formula is C32H31Cl2FN4O5. The normalized spacial score (nSPS) is 13.4. The van der Waals surface area contributed by atoms with Gasteiger partial charge in [0, 0.05) is 46.0 Å². The van der Waals surface area contributed by atoms with E-state index in [-0.39, 0.29) is 18.0 Å². The van der Waals surface area contributed by atoms with Crippen molar-refractivity contribution < 1.29 is 28.2 Å². The summed E-state index contributed by atoms with van der Waals surface area (Å²) in [6.07, 6.45) is 4.08. The number of fused-ring (bicyclic) bond motifs is 1. The molecule has 230 valence electrons. The van der Waals surface area contributed by atoms with Crippen LogP contribution in [0.2, 0.25) is 10.0 Å². The van der Waals surface area contributed by atoms with Crippen LogP contribution in [0.4, 0.5) is 10.1 Å². The predicted molar refractivity (Wildman–Crippen MR) is 168 cm³/mol. The molecule has 1 aliphatic heterocycles. The molecule has 4 aromatic rings. The largest absolute Gasteiger partial charge is 0.493 e. The van der Waals surface area contributed by atoms with Gasteiger partial charge in [-0.25, -0.2) is 4.39 Å². The Hall–Kier alpha value is -4.12. The Labute approximate surface area is 264 Å². The van der Waals surface area contributed by atoms with Crippen LogP contribution in [0.15, 0.2) is 60.8 Å². The molecule has 1 saturated heterocycles. The molecule has 1 aliphatic rings. The highest BCUT2D eigenvalue weighted by Gasteiger charge is 2.18. The average molecular weight is 642 g/mol. The van der Waals surface area contributed by atoms with Crippen molar-refractivity contribution in [2.45, 2.75) is 19.3 Å². The summed E-state index contributed by atoms with van der Waals surface area (Å²) in [5.74, 6) is -0.712. The fraction of sp³-hybridized carbons (Fsp3) is 0.281. The first-order valence-corrected chi connectivity index (χ1v) is 14.9. The molecule has 5 rings (SSSR count). The first-order chi connectivity index (χ1) is 21.3.